The molecule has 0 radical (unpaired) electrons. The third-order valence-electron chi connectivity index (χ3n) is 4.40. The molecule has 1 aliphatic heterocycles. The number of nitrogens with one attached hydrogen (secondary N) is 1. The summed E-state index contributed by atoms with van der Waals surface area (Å²) in [6.45, 7) is 0.292. The summed E-state index contributed by atoms with van der Waals surface area (Å²) >= 11 is 1.55. The van der Waals surface area contributed by atoms with Crippen molar-refractivity contribution in [1.82, 2.24) is 10.3 Å². The Kier molecular flexibility index (Phi) is 5.23. The lowest BCUT2D eigenvalue weighted by Crippen LogP contribution is -2.50. The molecule has 144 valence electrons. The molecule has 0 fully saturated rings. The molecular weight excluding hydrogens is 378 g/mol. The van der Waals surface area contributed by atoms with E-state index in [0.29, 0.717) is 11.4 Å². The van der Waals surface area contributed by atoms with E-state index in [2.05, 4.69) is 10.3 Å². The molecule has 2 amide bonds. The Morgan fingerprint density at radius 3 is 2.86 bits per heavy atom. The number of hydrogen-bond donors (Lipinski definition) is 1. The minimum Gasteiger partial charge on any atom is -0.477 e. The van der Waals surface area contributed by atoms with E-state index in [0.717, 1.165) is 15.2 Å². The first kappa shape index (κ1) is 18.4. The van der Waals surface area contributed by atoms with Crippen molar-refractivity contribution in [2.75, 3.05) is 25.1 Å². The summed E-state index contributed by atoms with van der Waals surface area (Å²) in [6.07, 6.45) is -0.756. The number of amides is 2. The molecule has 1 atom stereocenters. The highest BCUT2D eigenvalue weighted by Crippen LogP contribution is 2.33. The molecule has 2 heterocycles. The molecule has 0 unspecified atom stereocenters. The van der Waals surface area contributed by atoms with Gasteiger partial charge in [-0.05, 0) is 24.3 Å². The summed E-state index contributed by atoms with van der Waals surface area (Å²) in [7, 11) is 1.54. The second kappa shape index (κ2) is 7.95. The van der Waals surface area contributed by atoms with Crippen LogP contribution in [0.3, 0.4) is 0 Å². The standard InChI is InChI=1S/C20H19N3O4S/c1-21-20(25)16-10-23(14-7-3-4-8-15(14)27-16)19(24)12-26-11-18-22-13-6-2-5-9-17(13)28-18/h2-9,16H,10-12H2,1H3,(H,21,25)/t16-/m0/s1. The van der Waals surface area contributed by atoms with Crippen molar-refractivity contribution in [3.63, 3.8) is 0 Å². The van der Waals surface area contributed by atoms with Gasteiger partial charge in [-0.3, -0.25) is 9.59 Å². The predicted molar refractivity (Wildman–Crippen MR) is 107 cm³/mol. The van der Waals surface area contributed by atoms with Crippen molar-refractivity contribution >= 4 is 39.1 Å². The number of ether oxygens (including phenoxy) is 2. The van der Waals surface area contributed by atoms with Crippen LogP contribution in [0.1, 0.15) is 5.01 Å². The highest BCUT2D eigenvalue weighted by molar-refractivity contribution is 7.18. The largest absolute Gasteiger partial charge is 0.477 e. The summed E-state index contributed by atoms with van der Waals surface area (Å²) < 4.78 is 12.4. The van der Waals surface area contributed by atoms with Crippen molar-refractivity contribution in [2.24, 2.45) is 0 Å². The van der Waals surface area contributed by atoms with E-state index in [1.165, 1.54) is 4.90 Å². The van der Waals surface area contributed by atoms with Gasteiger partial charge in [-0.25, -0.2) is 4.98 Å². The summed E-state index contributed by atoms with van der Waals surface area (Å²) in [6, 6.07) is 15.0. The van der Waals surface area contributed by atoms with Crippen molar-refractivity contribution in [1.29, 1.82) is 0 Å². The van der Waals surface area contributed by atoms with E-state index in [-0.39, 0.29) is 31.6 Å². The number of thiazole rings is 1. The van der Waals surface area contributed by atoms with Crippen molar-refractivity contribution in [3.8, 4) is 5.75 Å². The molecule has 2 aromatic carbocycles. The van der Waals surface area contributed by atoms with Crippen LogP contribution in [-0.2, 0) is 20.9 Å². The number of likely N-dealkylation sites (N-methyl/N-ethyl adjacent to an activating group) is 1. The Balaban J connectivity index is 1.43. The number of carbonyl (C=O) groups excluding carboxylic acids is 2. The van der Waals surface area contributed by atoms with Crippen molar-refractivity contribution in [2.45, 2.75) is 12.7 Å². The van der Waals surface area contributed by atoms with Gasteiger partial charge in [-0.15, -0.1) is 11.3 Å². The predicted octanol–water partition coefficient (Wildman–Crippen LogP) is 2.35. The first-order chi connectivity index (χ1) is 13.7. The van der Waals surface area contributed by atoms with Gasteiger partial charge in [0.1, 0.15) is 17.4 Å². The maximum Gasteiger partial charge on any atom is 0.262 e. The highest BCUT2D eigenvalue weighted by Gasteiger charge is 2.33. The number of benzene rings is 2. The lowest BCUT2D eigenvalue weighted by molar-refractivity contribution is -0.128. The topological polar surface area (TPSA) is 80.8 Å². The van der Waals surface area contributed by atoms with Gasteiger partial charge in [0.25, 0.3) is 11.8 Å². The Morgan fingerprint density at radius 2 is 2.04 bits per heavy atom. The molecular formula is C20H19N3O4S. The van der Waals surface area contributed by atoms with Gasteiger partial charge in [-0.2, -0.15) is 0 Å². The number of rotatable bonds is 5. The molecule has 7 nitrogen and oxygen atoms in total. The third-order valence-corrected chi connectivity index (χ3v) is 5.41. The van der Waals surface area contributed by atoms with Gasteiger partial charge >= 0.3 is 0 Å². The molecule has 1 N–H and O–H groups in total. The quantitative estimate of drug-likeness (QED) is 0.715. The SMILES string of the molecule is CNC(=O)[C@@H]1CN(C(=O)COCc2nc3ccccc3s2)c2ccccc2O1. The van der Waals surface area contributed by atoms with Crippen LogP contribution in [0.2, 0.25) is 0 Å². The zero-order chi connectivity index (χ0) is 19.5. The van der Waals surface area contributed by atoms with Crippen LogP contribution < -0.4 is 15.0 Å². The summed E-state index contributed by atoms with van der Waals surface area (Å²) in [5.41, 5.74) is 1.56. The molecule has 0 saturated carbocycles. The molecule has 0 saturated heterocycles. The van der Waals surface area contributed by atoms with Gasteiger partial charge in [-0.1, -0.05) is 24.3 Å². The molecule has 3 aromatic rings. The summed E-state index contributed by atoms with van der Waals surface area (Å²) in [5.74, 6) is -0.00432. The normalized spacial score (nSPS) is 15.8. The maximum atomic E-state index is 12.8. The van der Waals surface area contributed by atoms with Gasteiger partial charge in [0, 0.05) is 7.05 Å². The monoisotopic (exact) mass is 397 g/mol. The molecule has 0 spiro atoms. The smallest absolute Gasteiger partial charge is 0.262 e. The average Bonchev–Trinajstić information content (AvgIpc) is 3.15. The summed E-state index contributed by atoms with van der Waals surface area (Å²) in [4.78, 5) is 30.8. The lowest BCUT2D eigenvalue weighted by Gasteiger charge is -2.33. The fraction of sp³-hybridized carbons (Fsp3) is 0.250. The van der Waals surface area contributed by atoms with Crippen molar-refractivity contribution < 1.29 is 19.1 Å². The molecule has 4 rings (SSSR count). The zero-order valence-corrected chi connectivity index (χ0v) is 16.1. The minimum absolute atomic E-state index is 0.106. The fourth-order valence-corrected chi connectivity index (χ4v) is 3.96. The fourth-order valence-electron chi connectivity index (χ4n) is 3.05. The maximum absolute atomic E-state index is 12.8. The van der Waals surface area contributed by atoms with E-state index in [1.54, 1.807) is 36.6 Å². The first-order valence-corrected chi connectivity index (χ1v) is 9.67. The Hall–Kier alpha value is -2.97. The number of hydrogen-bond acceptors (Lipinski definition) is 6. The number of para-hydroxylation sites is 3. The van der Waals surface area contributed by atoms with E-state index >= 15 is 0 Å². The minimum atomic E-state index is -0.756. The van der Waals surface area contributed by atoms with Crippen LogP contribution in [0.4, 0.5) is 5.69 Å². The average molecular weight is 397 g/mol. The van der Waals surface area contributed by atoms with Crippen LogP contribution in [-0.4, -0.2) is 43.1 Å². The van der Waals surface area contributed by atoms with Crippen molar-refractivity contribution in [3.05, 3.63) is 53.5 Å². The van der Waals surface area contributed by atoms with Gasteiger partial charge in [0.05, 0.1) is 29.1 Å². The second-order valence-electron chi connectivity index (χ2n) is 6.26. The molecule has 8 heteroatoms. The van der Waals surface area contributed by atoms with Gasteiger partial charge < -0.3 is 19.7 Å². The Bertz CT molecular complexity index is 986. The Morgan fingerprint density at radius 1 is 1.25 bits per heavy atom. The van der Waals surface area contributed by atoms with Crippen LogP contribution in [0, 0.1) is 0 Å². The van der Waals surface area contributed by atoms with E-state index in [9.17, 15) is 9.59 Å². The summed E-state index contributed by atoms with van der Waals surface area (Å²) in [5, 5.41) is 3.38. The number of carbonyl (C=O) groups is 2. The van der Waals surface area contributed by atoms with Crippen LogP contribution in [0.25, 0.3) is 10.2 Å². The number of aromatic nitrogens is 1. The molecule has 28 heavy (non-hydrogen) atoms. The molecule has 0 bridgehead atoms. The first-order valence-electron chi connectivity index (χ1n) is 8.85. The molecule has 0 aliphatic carbocycles. The van der Waals surface area contributed by atoms with E-state index < -0.39 is 6.10 Å². The van der Waals surface area contributed by atoms with E-state index in [4.69, 9.17) is 9.47 Å². The third kappa shape index (κ3) is 3.69. The van der Waals surface area contributed by atoms with Crippen LogP contribution in [0.15, 0.2) is 48.5 Å². The second-order valence-corrected chi connectivity index (χ2v) is 7.38. The number of nitrogens with zero attached hydrogens (tertiary/aromatic N) is 2. The van der Waals surface area contributed by atoms with E-state index in [1.807, 2.05) is 30.3 Å². The van der Waals surface area contributed by atoms with Gasteiger partial charge in [0.2, 0.25) is 0 Å². The lowest BCUT2D eigenvalue weighted by atomic mass is 10.1. The zero-order valence-electron chi connectivity index (χ0n) is 15.3. The number of fused-ring (bicyclic) bond motifs is 2. The molecule has 1 aliphatic rings. The molecule has 1 aromatic heterocycles. The van der Waals surface area contributed by atoms with Crippen LogP contribution >= 0.6 is 11.3 Å². The van der Waals surface area contributed by atoms with Gasteiger partial charge in [0.15, 0.2) is 6.10 Å². The Labute approximate surface area is 165 Å². The highest BCUT2D eigenvalue weighted by atomic mass is 32.1. The number of anilines is 1. The van der Waals surface area contributed by atoms with Crippen LogP contribution in [0.5, 0.6) is 5.75 Å².